The van der Waals surface area contributed by atoms with Crippen molar-refractivity contribution in [3.05, 3.63) is 45.3 Å². The number of nitrogens with zero attached hydrogens (tertiary/aromatic N) is 3. The summed E-state index contributed by atoms with van der Waals surface area (Å²) in [6, 6.07) is 6.07. The van der Waals surface area contributed by atoms with Crippen LogP contribution >= 0.6 is 35.2 Å². The Kier molecular flexibility index (Phi) is 9.33. The highest BCUT2D eigenvalue weighted by Crippen LogP contribution is 2.35. The van der Waals surface area contributed by atoms with Gasteiger partial charge in [0.05, 0.1) is 22.4 Å². The zero-order valence-corrected chi connectivity index (χ0v) is 23.7. The van der Waals surface area contributed by atoms with Crippen molar-refractivity contribution in [2.45, 2.75) is 25.7 Å². The van der Waals surface area contributed by atoms with E-state index in [0.29, 0.717) is 51.8 Å². The lowest BCUT2D eigenvalue weighted by Gasteiger charge is -2.35. The van der Waals surface area contributed by atoms with Gasteiger partial charge < -0.3 is 19.9 Å². The van der Waals surface area contributed by atoms with Crippen LogP contribution < -0.4 is 5.32 Å². The van der Waals surface area contributed by atoms with Crippen molar-refractivity contribution in [1.29, 1.82) is 0 Å². The predicted octanol–water partition coefficient (Wildman–Crippen LogP) is 3.68. The van der Waals surface area contributed by atoms with E-state index in [4.69, 9.17) is 28.6 Å². The monoisotopic (exact) mass is 572 g/mol. The molecular formula is C23H29ClN4O5S3. The number of nitrogens with one attached hydrogen (secondary N) is 1. The zero-order chi connectivity index (χ0) is 26.6. The average molecular weight is 573 g/mol. The van der Waals surface area contributed by atoms with Gasteiger partial charge in [0.2, 0.25) is 10.0 Å². The van der Waals surface area contributed by atoms with Crippen LogP contribution in [0.15, 0.2) is 29.2 Å². The number of thiophene rings is 1. The number of carbonyl (C=O) groups is 2. The summed E-state index contributed by atoms with van der Waals surface area (Å²) >= 11 is 12.6. The molecule has 0 aliphatic carbocycles. The lowest BCUT2D eigenvalue weighted by atomic mass is 10.1. The summed E-state index contributed by atoms with van der Waals surface area (Å²) in [6.45, 7) is 7.81. The highest BCUT2D eigenvalue weighted by molar-refractivity contribution is 7.89. The first kappa shape index (κ1) is 28.3. The minimum Gasteiger partial charge on any atom is -0.465 e. The molecule has 36 heavy (non-hydrogen) atoms. The lowest BCUT2D eigenvalue weighted by Crippen LogP contribution is -2.51. The van der Waals surface area contributed by atoms with Gasteiger partial charge in [0.15, 0.2) is 5.11 Å². The van der Waals surface area contributed by atoms with Crippen molar-refractivity contribution < 1.29 is 22.7 Å². The third kappa shape index (κ3) is 5.83. The molecule has 1 amide bonds. The van der Waals surface area contributed by atoms with E-state index < -0.39 is 16.0 Å². The first-order valence-corrected chi connectivity index (χ1v) is 14.4. The summed E-state index contributed by atoms with van der Waals surface area (Å²) in [5.41, 5.74) is 0.803. The van der Waals surface area contributed by atoms with E-state index in [0.717, 1.165) is 11.3 Å². The third-order valence-corrected chi connectivity index (χ3v) is 9.70. The lowest BCUT2D eigenvalue weighted by molar-refractivity contribution is 0.0601. The molecule has 1 fully saturated rings. The first-order chi connectivity index (χ1) is 17.0. The maximum Gasteiger partial charge on any atom is 0.341 e. The summed E-state index contributed by atoms with van der Waals surface area (Å²) in [5, 5.41) is 4.33. The van der Waals surface area contributed by atoms with Crippen LogP contribution in [0.5, 0.6) is 0 Å². The van der Waals surface area contributed by atoms with E-state index in [-0.39, 0.29) is 29.5 Å². The van der Waals surface area contributed by atoms with Gasteiger partial charge in [-0.2, -0.15) is 4.31 Å². The molecule has 0 saturated carbocycles. The van der Waals surface area contributed by atoms with E-state index in [9.17, 15) is 18.0 Å². The molecule has 0 unspecified atom stereocenters. The van der Waals surface area contributed by atoms with Crippen molar-refractivity contribution in [2.75, 3.05) is 51.7 Å². The van der Waals surface area contributed by atoms with Gasteiger partial charge in [-0.1, -0.05) is 11.6 Å². The highest BCUT2D eigenvalue weighted by Gasteiger charge is 2.31. The second-order valence-corrected chi connectivity index (χ2v) is 11.8. The molecular weight excluding hydrogens is 544 g/mol. The minimum atomic E-state index is -3.65. The maximum absolute atomic E-state index is 13.0. The smallest absolute Gasteiger partial charge is 0.341 e. The molecule has 2 aromatic rings. The van der Waals surface area contributed by atoms with E-state index in [1.54, 1.807) is 24.0 Å². The third-order valence-electron chi connectivity index (χ3n) is 5.98. The number of carbonyl (C=O) groups excluding carboxylic acids is 2. The zero-order valence-electron chi connectivity index (χ0n) is 20.5. The largest absolute Gasteiger partial charge is 0.465 e. The molecule has 1 aromatic carbocycles. The normalized spacial score (nSPS) is 14.4. The molecule has 0 radical (unpaired) electrons. The number of methoxy groups -OCH3 is 1. The summed E-state index contributed by atoms with van der Waals surface area (Å²) in [6.07, 6.45) is 0. The molecule has 1 N–H and O–H groups in total. The van der Waals surface area contributed by atoms with Crippen LogP contribution in [-0.4, -0.2) is 85.9 Å². The Labute approximate surface area is 226 Å². The van der Waals surface area contributed by atoms with E-state index >= 15 is 0 Å². The Hall–Kier alpha value is -2.25. The van der Waals surface area contributed by atoms with Crippen LogP contribution in [-0.2, 0) is 14.8 Å². The molecule has 3 rings (SSSR count). The van der Waals surface area contributed by atoms with Gasteiger partial charge in [-0.25, -0.2) is 13.2 Å². The van der Waals surface area contributed by atoms with Gasteiger partial charge in [-0.15, -0.1) is 11.3 Å². The number of esters is 1. The SMILES string of the molecule is CCN(CC)C(=O)c1sc(NC(=S)N2CCN(S(=O)(=O)c3ccc(Cl)cc3)CC2)c(C(=O)OC)c1C. The number of amides is 1. The molecule has 13 heteroatoms. The summed E-state index contributed by atoms with van der Waals surface area (Å²) in [5.74, 6) is -0.723. The number of thiocarbonyl (C=S) groups is 1. The van der Waals surface area contributed by atoms with E-state index in [1.165, 1.54) is 23.5 Å². The van der Waals surface area contributed by atoms with Crippen LogP contribution in [0.2, 0.25) is 5.02 Å². The second-order valence-electron chi connectivity index (χ2n) is 8.00. The first-order valence-electron chi connectivity index (χ1n) is 11.4. The summed E-state index contributed by atoms with van der Waals surface area (Å²) in [7, 11) is -2.36. The number of halogens is 1. The van der Waals surface area contributed by atoms with Gasteiger partial charge in [-0.3, -0.25) is 4.79 Å². The molecule has 1 aromatic heterocycles. The summed E-state index contributed by atoms with van der Waals surface area (Å²) < 4.78 is 32.3. The van der Waals surface area contributed by atoms with Crippen molar-refractivity contribution in [2.24, 2.45) is 0 Å². The fourth-order valence-electron chi connectivity index (χ4n) is 3.87. The van der Waals surface area contributed by atoms with E-state index in [1.807, 2.05) is 18.7 Å². The number of hydrogen-bond acceptors (Lipinski definition) is 7. The van der Waals surface area contributed by atoms with Gasteiger partial charge in [-0.05, 0) is 62.8 Å². The van der Waals surface area contributed by atoms with Gasteiger partial charge >= 0.3 is 5.97 Å². The number of ether oxygens (including phenoxy) is 1. The van der Waals surface area contributed by atoms with Crippen molar-refractivity contribution in [3.8, 4) is 0 Å². The fourth-order valence-corrected chi connectivity index (χ4v) is 6.93. The number of rotatable bonds is 7. The molecule has 9 nitrogen and oxygen atoms in total. The van der Waals surface area contributed by atoms with Crippen LogP contribution in [0, 0.1) is 6.92 Å². The van der Waals surface area contributed by atoms with Crippen LogP contribution in [0.25, 0.3) is 0 Å². The topological polar surface area (TPSA) is 99.3 Å². The van der Waals surface area contributed by atoms with E-state index in [2.05, 4.69) is 5.32 Å². The highest BCUT2D eigenvalue weighted by atomic mass is 35.5. The molecule has 1 aliphatic heterocycles. The van der Waals surface area contributed by atoms with Crippen LogP contribution in [0.1, 0.15) is 39.4 Å². The minimum absolute atomic E-state index is 0.160. The second kappa shape index (κ2) is 11.9. The number of benzene rings is 1. The molecule has 1 aliphatic rings. The predicted molar refractivity (Wildman–Crippen MR) is 146 cm³/mol. The molecule has 0 bridgehead atoms. The van der Waals surface area contributed by atoms with Gasteiger partial charge in [0.1, 0.15) is 5.00 Å². The molecule has 0 atom stereocenters. The molecule has 1 saturated heterocycles. The molecule has 0 spiro atoms. The number of piperazine rings is 1. The Morgan fingerprint density at radius 3 is 2.25 bits per heavy atom. The van der Waals surface area contributed by atoms with Gasteiger partial charge in [0.25, 0.3) is 5.91 Å². The Morgan fingerprint density at radius 1 is 1.14 bits per heavy atom. The van der Waals surface area contributed by atoms with Crippen LogP contribution in [0.3, 0.4) is 0 Å². The standard InChI is InChI=1S/C23H29ClN4O5S3/c1-5-26(6-2)21(29)19-15(3)18(22(30)33-4)20(35-19)25-23(34)27-11-13-28(14-12-27)36(31,32)17-9-7-16(24)8-10-17/h7-10H,5-6,11-14H2,1-4H3,(H,25,34). The average Bonchev–Trinajstić information content (AvgIpc) is 3.19. The Bertz CT molecular complexity index is 1240. The Balaban J connectivity index is 1.75. The molecule has 196 valence electrons. The number of hydrogen-bond donors (Lipinski definition) is 1. The molecule has 2 heterocycles. The van der Waals surface area contributed by atoms with Crippen LogP contribution in [0.4, 0.5) is 5.00 Å². The van der Waals surface area contributed by atoms with Crippen molar-refractivity contribution in [1.82, 2.24) is 14.1 Å². The number of anilines is 1. The van der Waals surface area contributed by atoms with Crippen molar-refractivity contribution >= 4 is 67.2 Å². The number of sulfonamides is 1. The van der Waals surface area contributed by atoms with Gasteiger partial charge in [0, 0.05) is 44.3 Å². The quantitative estimate of drug-likeness (QED) is 0.396. The summed E-state index contributed by atoms with van der Waals surface area (Å²) in [4.78, 5) is 29.7. The maximum atomic E-state index is 13.0. The Morgan fingerprint density at radius 2 is 1.72 bits per heavy atom. The fraction of sp³-hybridized carbons (Fsp3) is 0.435. The van der Waals surface area contributed by atoms with Crippen molar-refractivity contribution in [3.63, 3.8) is 0 Å².